The van der Waals surface area contributed by atoms with E-state index in [9.17, 15) is 9.18 Å². The Morgan fingerprint density at radius 3 is 2.86 bits per heavy atom. The molecule has 0 fully saturated rings. The SMILES string of the molecule is CCOc1nc2ccc(F)cc2n1-c1cccc2c1CCC2Nc1ccc2c(c1)OC[C@H]2OC(C)=O.[Na]. The van der Waals surface area contributed by atoms with E-state index < -0.39 is 0 Å². The molecule has 0 spiro atoms. The van der Waals surface area contributed by atoms with Gasteiger partial charge in [-0.1, -0.05) is 12.1 Å². The topological polar surface area (TPSA) is 74.6 Å². The van der Waals surface area contributed by atoms with Gasteiger partial charge >= 0.3 is 12.0 Å². The maximum Gasteiger partial charge on any atom is 0.303 e. The number of fused-ring (bicyclic) bond motifs is 3. The molecular formula is C28H26FN3NaO4. The van der Waals surface area contributed by atoms with Crippen molar-refractivity contribution < 1.29 is 23.4 Å². The molecule has 1 aliphatic heterocycles. The number of esters is 1. The van der Waals surface area contributed by atoms with Crippen molar-refractivity contribution in [3.05, 3.63) is 77.1 Å². The Balaban J connectivity index is 0.00000280. The quantitative estimate of drug-likeness (QED) is 0.281. The van der Waals surface area contributed by atoms with Gasteiger partial charge in [-0.25, -0.2) is 4.39 Å². The van der Waals surface area contributed by atoms with Crippen LogP contribution < -0.4 is 14.8 Å². The predicted molar refractivity (Wildman–Crippen MR) is 139 cm³/mol. The van der Waals surface area contributed by atoms with E-state index in [2.05, 4.69) is 16.4 Å². The smallest absolute Gasteiger partial charge is 0.303 e. The molecule has 1 aromatic heterocycles. The van der Waals surface area contributed by atoms with Gasteiger partial charge in [-0.05, 0) is 61.2 Å². The molecule has 6 rings (SSSR count). The van der Waals surface area contributed by atoms with Crippen LogP contribution in [0.15, 0.2) is 54.6 Å². The summed E-state index contributed by atoms with van der Waals surface area (Å²) in [5.74, 6) is 0.0954. The first-order valence-electron chi connectivity index (χ1n) is 12.1. The fourth-order valence-corrected chi connectivity index (χ4v) is 5.25. The molecule has 2 atom stereocenters. The molecule has 0 amide bonds. The molecule has 185 valence electrons. The maximum atomic E-state index is 14.2. The third-order valence-electron chi connectivity index (χ3n) is 6.75. The van der Waals surface area contributed by atoms with Crippen molar-refractivity contribution in [2.24, 2.45) is 0 Å². The number of rotatable bonds is 6. The molecule has 0 saturated carbocycles. The molecule has 37 heavy (non-hydrogen) atoms. The van der Waals surface area contributed by atoms with Crippen LogP contribution in [0.4, 0.5) is 10.1 Å². The average molecular weight is 511 g/mol. The second-order valence-electron chi connectivity index (χ2n) is 9.04. The maximum absolute atomic E-state index is 14.2. The molecule has 2 heterocycles. The molecule has 1 aliphatic carbocycles. The molecule has 0 bridgehead atoms. The number of hydrogen-bond acceptors (Lipinski definition) is 6. The zero-order chi connectivity index (χ0) is 24.8. The number of halogens is 1. The molecule has 0 saturated heterocycles. The Morgan fingerprint density at radius 1 is 1.19 bits per heavy atom. The van der Waals surface area contributed by atoms with Crippen molar-refractivity contribution in [3.8, 4) is 17.4 Å². The van der Waals surface area contributed by atoms with Gasteiger partial charge in [-0.15, -0.1) is 0 Å². The van der Waals surface area contributed by atoms with Crippen LogP contribution in [0.3, 0.4) is 0 Å². The predicted octanol–water partition coefficient (Wildman–Crippen LogP) is 5.28. The monoisotopic (exact) mass is 510 g/mol. The number of benzene rings is 3. The van der Waals surface area contributed by atoms with Crippen LogP contribution in [-0.4, -0.2) is 58.3 Å². The van der Waals surface area contributed by atoms with E-state index >= 15 is 0 Å². The third kappa shape index (κ3) is 4.69. The van der Waals surface area contributed by atoms with Crippen molar-refractivity contribution in [2.75, 3.05) is 18.5 Å². The Bertz CT molecular complexity index is 1490. The molecule has 1 unspecified atom stereocenters. The first kappa shape index (κ1) is 25.6. The zero-order valence-corrected chi connectivity index (χ0v) is 23.1. The average Bonchev–Trinajstić information content (AvgIpc) is 3.54. The first-order chi connectivity index (χ1) is 17.5. The van der Waals surface area contributed by atoms with Crippen LogP contribution in [0.2, 0.25) is 0 Å². The van der Waals surface area contributed by atoms with Crippen molar-refractivity contribution in [1.82, 2.24) is 9.55 Å². The molecule has 1 radical (unpaired) electrons. The number of ether oxygens (including phenoxy) is 3. The third-order valence-corrected chi connectivity index (χ3v) is 6.75. The summed E-state index contributed by atoms with van der Waals surface area (Å²) in [6.45, 7) is 4.11. The van der Waals surface area contributed by atoms with E-state index in [0.717, 1.165) is 35.5 Å². The molecular weight excluding hydrogens is 484 g/mol. The van der Waals surface area contributed by atoms with Crippen molar-refractivity contribution in [1.29, 1.82) is 0 Å². The summed E-state index contributed by atoms with van der Waals surface area (Å²) >= 11 is 0. The number of carbonyl (C=O) groups is 1. The second-order valence-corrected chi connectivity index (χ2v) is 9.04. The standard InChI is InChI=1S/C28H26FN3O4.Na/c1-3-34-28-31-23-11-7-17(29)13-25(23)32(28)24-6-4-5-19-20(24)10-12-22(19)30-18-8-9-21-26(14-18)35-15-27(21)36-16(2)33;/h4-9,11,13-14,22,27,30H,3,10,12,15H2,1-2H3;/t22?,27-;/m1./s1. The summed E-state index contributed by atoms with van der Waals surface area (Å²) < 4.78 is 33.0. The number of nitrogens with one attached hydrogen (secondary N) is 1. The molecule has 7 nitrogen and oxygen atoms in total. The van der Waals surface area contributed by atoms with E-state index in [1.165, 1.54) is 30.2 Å². The van der Waals surface area contributed by atoms with E-state index in [4.69, 9.17) is 14.2 Å². The number of imidazole rings is 1. The minimum atomic E-state index is -0.365. The van der Waals surface area contributed by atoms with Crippen LogP contribution in [-0.2, 0) is 16.0 Å². The zero-order valence-electron chi connectivity index (χ0n) is 21.1. The first-order valence-corrected chi connectivity index (χ1v) is 12.1. The van der Waals surface area contributed by atoms with Gasteiger partial charge < -0.3 is 19.5 Å². The molecule has 1 N–H and O–H groups in total. The minimum absolute atomic E-state index is 0. The van der Waals surface area contributed by atoms with Crippen molar-refractivity contribution in [3.63, 3.8) is 0 Å². The Kier molecular flexibility index (Phi) is 7.16. The van der Waals surface area contributed by atoms with Crippen molar-refractivity contribution in [2.45, 2.75) is 38.8 Å². The van der Waals surface area contributed by atoms with Crippen LogP contribution in [0.25, 0.3) is 16.7 Å². The molecule has 4 aromatic rings. The van der Waals surface area contributed by atoms with E-state index in [1.54, 1.807) is 6.07 Å². The minimum Gasteiger partial charge on any atom is -0.489 e. The Hall–Kier alpha value is -3.07. The van der Waals surface area contributed by atoms with Crippen LogP contribution in [0.5, 0.6) is 11.8 Å². The van der Waals surface area contributed by atoms with Crippen molar-refractivity contribution >= 4 is 52.2 Å². The van der Waals surface area contributed by atoms with Gasteiger partial charge in [-0.2, -0.15) is 4.98 Å². The van der Waals surface area contributed by atoms with Crippen LogP contribution >= 0.6 is 0 Å². The van der Waals surface area contributed by atoms with Gasteiger partial charge in [0.15, 0.2) is 6.10 Å². The summed E-state index contributed by atoms with van der Waals surface area (Å²) in [4.78, 5) is 16.0. The largest absolute Gasteiger partial charge is 0.489 e. The summed E-state index contributed by atoms with van der Waals surface area (Å²) in [5.41, 5.74) is 6.52. The summed E-state index contributed by atoms with van der Waals surface area (Å²) in [6, 6.07) is 17.2. The van der Waals surface area contributed by atoms with Crippen LogP contribution in [0, 0.1) is 5.82 Å². The van der Waals surface area contributed by atoms with Gasteiger partial charge in [0.25, 0.3) is 0 Å². The Morgan fingerprint density at radius 2 is 2.05 bits per heavy atom. The fourth-order valence-electron chi connectivity index (χ4n) is 5.25. The van der Waals surface area contributed by atoms with Gasteiger partial charge in [0.1, 0.15) is 18.2 Å². The second kappa shape index (κ2) is 10.4. The fraction of sp³-hybridized carbons (Fsp3) is 0.286. The van der Waals surface area contributed by atoms with E-state index in [0.29, 0.717) is 30.3 Å². The molecule has 3 aromatic carbocycles. The molecule has 9 heteroatoms. The summed E-state index contributed by atoms with van der Waals surface area (Å²) in [5, 5.41) is 3.64. The van der Waals surface area contributed by atoms with Gasteiger partial charge in [0.2, 0.25) is 0 Å². The van der Waals surface area contributed by atoms with Gasteiger partial charge in [0.05, 0.1) is 29.4 Å². The van der Waals surface area contributed by atoms with Gasteiger partial charge in [-0.3, -0.25) is 9.36 Å². The molecule has 2 aliphatic rings. The number of carbonyl (C=O) groups excluding carboxylic acids is 1. The normalized spacial score (nSPS) is 17.5. The van der Waals surface area contributed by atoms with E-state index in [-0.39, 0.29) is 53.5 Å². The Labute approximate surface area is 236 Å². The summed E-state index contributed by atoms with van der Waals surface area (Å²) in [7, 11) is 0. The number of nitrogens with zero attached hydrogens (tertiary/aromatic N) is 2. The van der Waals surface area contributed by atoms with Crippen LogP contribution in [0.1, 0.15) is 49.1 Å². The number of hydrogen-bond donors (Lipinski definition) is 1. The number of aromatic nitrogens is 2. The number of anilines is 1. The summed E-state index contributed by atoms with van der Waals surface area (Å²) in [6.07, 6.45) is 1.40. The van der Waals surface area contributed by atoms with Gasteiger partial charge in [0, 0.05) is 59.9 Å². The van der Waals surface area contributed by atoms with E-state index in [1.807, 2.05) is 41.8 Å².